The van der Waals surface area contributed by atoms with Crippen molar-refractivity contribution in [1.29, 1.82) is 0 Å². The molecule has 0 aliphatic heterocycles. The molecule has 8 heteroatoms. The van der Waals surface area contributed by atoms with Crippen LogP contribution in [0.2, 0.25) is 5.02 Å². The van der Waals surface area contributed by atoms with E-state index in [1.54, 1.807) is 18.2 Å². The maximum absolute atomic E-state index is 13.2. The van der Waals surface area contributed by atoms with Gasteiger partial charge in [-0.15, -0.1) is 0 Å². The number of ether oxygens (including phenoxy) is 1. The largest absolute Gasteiger partial charge is 0.493 e. The van der Waals surface area contributed by atoms with Crippen molar-refractivity contribution in [2.75, 3.05) is 11.9 Å². The number of anilines is 1. The van der Waals surface area contributed by atoms with Crippen LogP contribution in [0.25, 0.3) is 0 Å². The topological polar surface area (TPSA) is 81.5 Å². The quantitative estimate of drug-likeness (QED) is 0.444. The van der Waals surface area contributed by atoms with Gasteiger partial charge in [0.15, 0.2) is 0 Å². The van der Waals surface area contributed by atoms with E-state index in [-0.39, 0.29) is 18.0 Å². The minimum absolute atomic E-state index is 0.164. The molecule has 0 aliphatic carbocycles. The summed E-state index contributed by atoms with van der Waals surface area (Å²) in [7, 11) is 0. The average molecular weight is 367 g/mol. The molecule has 0 spiro atoms. The summed E-state index contributed by atoms with van der Waals surface area (Å²) in [5.41, 5.74) is 0.391. The standard InChI is InChI=1S/C17H16ClFN2O4/c1-11-9-12(18)4-7-16(11)25-8-2-3-17(22)20-13-5-6-14(19)15(10-13)21(23)24/h4-7,9-10H,2-3,8H2,1H3,(H,20,22). The first-order valence-corrected chi connectivity index (χ1v) is 7.87. The molecule has 0 saturated carbocycles. The van der Waals surface area contributed by atoms with Gasteiger partial charge < -0.3 is 10.1 Å². The average Bonchev–Trinajstić information content (AvgIpc) is 2.54. The first kappa shape index (κ1) is 18.7. The third kappa shape index (κ3) is 5.42. The first-order valence-electron chi connectivity index (χ1n) is 7.49. The number of benzene rings is 2. The highest BCUT2D eigenvalue weighted by Crippen LogP contribution is 2.23. The molecule has 0 fully saturated rings. The Morgan fingerprint density at radius 1 is 1.32 bits per heavy atom. The highest BCUT2D eigenvalue weighted by Gasteiger charge is 2.15. The van der Waals surface area contributed by atoms with E-state index < -0.39 is 16.4 Å². The molecule has 25 heavy (non-hydrogen) atoms. The number of halogens is 2. The number of nitrogens with zero attached hydrogens (tertiary/aromatic N) is 1. The molecule has 1 N–H and O–H groups in total. The van der Waals surface area contributed by atoms with Crippen LogP contribution in [0.1, 0.15) is 18.4 Å². The molecule has 1 amide bonds. The normalized spacial score (nSPS) is 10.4. The Hall–Kier alpha value is -2.67. The molecule has 2 rings (SSSR count). The minimum Gasteiger partial charge on any atom is -0.493 e. The van der Waals surface area contributed by atoms with Crippen LogP contribution in [-0.2, 0) is 4.79 Å². The summed E-state index contributed by atoms with van der Waals surface area (Å²) in [4.78, 5) is 21.7. The second-order valence-corrected chi connectivity index (χ2v) is 5.77. The number of nitro groups is 1. The minimum atomic E-state index is -0.949. The Labute approximate surface area is 148 Å². The smallest absolute Gasteiger partial charge is 0.306 e. The Balaban J connectivity index is 1.81. The Kier molecular flexibility index (Phi) is 6.30. The number of hydrogen-bond acceptors (Lipinski definition) is 4. The maximum atomic E-state index is 13.2. The summed E-state index contributed by atoms with van der Waals surface area (Å²) in [6.45, 7) is 2.20. The fourth-order valence-corrected chi connectivity index (χ4v) is 2.37. The molecule has 0 aromatic heterocycles. The lowest BCUT2D eigenvalue weighted by molar-refractivity contribution is -0.387. The van der Waals surface area contributed by atoms with Gasteiger partial charge in [-0.3, -0.25) is 14.9 Å². The number of hydrogen-bond donors (Lipinski definition) is 1. The molecular weight excluding hydrogens is 351 g/mol. The van der Waals surface area contributed by atoms with Crippen molar-refractivity contribution in [1.82, 2.24) is 0 Å². The van der Waals surface area contributed by atoms with Crippen molar-refractivity contribution < 1.29 is 18.8 Å². The summed E-state index contributed by atoms with van der Waals surface area (Å²) in [6.07, 6.45) is 0.620. The molecule has 0 heterocycles. The Bertz CT molecular complexity index is 798. The van der Waals surface area contributed by atoms with Gasteiger partial charge in [0.1, 0.15) is 5.75 Å². The molecule has 6 nitrogen and oxygen atoms in total. The lowest BCUT2D eigenvalue weighted by atomic mass is 10.2. The second kappa shape index (κ2) is 8.43. The number of nitro benzene ring substituents is 1. The van der Waals surface area contributed by atoms with Crippen LogP contribution in [0.5, 0.6) is 5.75 Å². The van der Waals surface area contributed by atoms with E-state index in [1.807, 2.05) is 6.92 Å². The van der Waals surface area contributed by atoms with Crippen molar-refractivity contribution in [3.8, 4) is 5.75 Å². The maximum Gasteiger partial charge on any atom is 0.306 e. The van der Waals surface area contributed by atoms with Crippen LogP contribution in [0, 0.1) is 22.9 Å². The van der Waals surface area contributed by atoms with Crippen LogP contribution in [0.15, 0.2) is 36.4 Å². The number of carbonyl (C=O) groups excluding carboxylic acids is 1. The fourth-order valence-electron chi connectivity index (χ4n) is 2.14. The summed E-state index contributed by atoms with van der Waals surface area (Å²) >= 11 is 5.86. The van der Waals surface area contributed by atoms with E-state index in [1.165, 1.54) is 6.07 Å². The van der Waals surface area contributed by atoms with E-state index in [0.29, 0.717) is 23.8 Å². The van der Waals surface area contributed by atoms with Gasteiger partial charge in [0.2, 0.25) is 11.7 Å². The predicted octanol–water partition coefficient (Wildman–Crippen LogP) is 4.49. The number of nitrogens with one attached hydrogen (secondary N) is 1. The summed E-state index contributed by atoms with van der Waals surface area (Å²) in [5.74, 6) is -0.592. The molecule has 2 aromatic rings. The molecule has 132 valence electrons. The van der Waals surface area contributed by atoms with Crippen molar-refractivity contribution in [2.45, 2.75) is 19.8 Å². The van der Waals surface area contributed by atoms with E-state index in [4.69, 9.17) is 16.3 Å². The zero-order valence-corrected chi connectivity index (χ0v) is 14.2. The molecule has 0 unspecified atom stereocenters. The Morgan fingerprint density at radius 2 is 2.08 bits per heavy atom. The lowest BCUT2D eigenvalue weighted by Gasteiger charge is -2.09. The highest BCUT2D eigenvalue weighted by atomic mass is 35.5. The van der Waals surface area contributed by atoms with Crippen LogP contribution in [-0.4, -0.2) is 17.4 Å². The van der Waals surface area contributed by atoms with Gasteiger partial charge in [0, 0.05) is 23.2 Å². The number of aryl methyl sites for hydroxylation is 1. The van der Waals surface area contributed by atoms with Crippen molar-refractivity contribution in [2.24, 2.45) is 0 Å². The van der Waals surface area contributed by atoms with E-state index >= 15 is 0 Å². The fraction of sp³-hybridized carbons (Fsp3) is 0.235. The first-order chi connectivity index (χ1) is 11.9. The summed E-state index contributed by atoms with van der Waals surface area (Å²) in [5, 5.41) is 13.8. The number of carbonyl (C=O) groups is 1. The van der Waals surface area contributed by atoms with Gasteiger partial charge in [-0.2, -0.15) is 4.39 Å². The molecule has 0 aliphatic rings. The van der Waals surface area contributed by atoms with E-state index in [9.17, 15) is 19.3 Å². The van der Waals surface area contributed by atoms with E-state index in [0.717, 1.165) is 17.7 Å². The molecule has 2 aromatic carbocycles. The van der Waals surface area contributed by atoms with Gasteiger partial charge in [-0.25, -0.2) is 0 Å². The molecule has 0 bridgehead atoms. The molecular formula is C17H16ClFN2O4. The number of amides is 1. The van der Waals surface area contributed by atoms with Crippen molar-refractivity contribution >= 4 is 28.9 Å². The van der Waals surface area contributed by atoms with E-state index in [2.05, 4.69) is 5.32 Å². The van der Waals surface area contributed by atoms with Gasteiger partial charge in [0.25, 0.3) is 0 Å². The zero-order chi connectivity index (χ0) is 18.4. The third-order valence-electron chi connectivity index (χ3n) is 3.37. The highest BCUT2D eigenvalue weighted by molar-refractivity contribution is 6.30. The summed E-state index contributed by atoms with van der Waals surface area (Å²) in [6, 6.07) is 8.47. The van der Waals surface area contributed by atoms with Crippen molar-refractivity contribution in [3.63, 3.8) is 0 Å². The third-order valence-corrected chi connectivity index (χ3v) is 3.60. The number of rotatable bonds is 7. The lowest BCUT2D eigenvalue weighted by Crippen LogP contribution is -2.13. The van der Waals surface area contributed by atoms with Gasteiger partial charge in [-0.05, 0) is 49.2 Å². The van der Waals surface area contributed by atoms with Gasteiger partial charge in [0.05, 0.1) is 11.5 Å². The second-order valence-electron chi connectivity index (χ2n) is 5.33. The molecule has 0 radical (unpaired) electrons. The zero-order valence-electron chi connectivity index (χ0n) is 13.4. The Morgan fingerprint density at radius 3 is 2.76 bits per heavy atom. The van der Waals surface area contributed by atoms with Crippen LogP contribution >= 0.6 is 11.6 Å². The van der Waals surface area contributed by atoms with Gasteiger partial charge in [-0.1, -0.05) is 11.6 Å². The van der Waals surface area contributed by atoms with Crippen LogP contribution in [0.3, 0.4) is 0 Å². The monoisotopic (exact) mass is 366 g/mol. The van der Waals surface area contributed by atoms with Crippen molar-refractivity contribution in [3.05, 3.63) is 62.9 Å². The van der Waals surface area contributed by atoms with Gasteiger partial charge >= 0.3 is 5.69 Å². The predicted molar refractivity (Wildman–Crippen MR) is 92.6 cm³/mol. The molecule has 0 atom stereocenters. The van der Waals surface area contributed by atoms with Crippen LogP contribution < -0.4 is 10.1 Å². The summed E-state index contributed by atoms with van der Waals surface area (Å²) < 4.78 is 18.8. The molecule has 0 saturated heterocycles. The SMILES string of the molecule is Cc1cc(Cl)ccc1OCCCC(=O)Nc1ccc(F)c([N+](=O)[O-])c1. The van der Waals surface area contributed by atoms with Crippen LogP contribution in [0.4, 0.5) is 15.8 Å².